The highest BCUT2D eigenvalue weighted by Crippen LogP contribution is 2.44. The van der Waals surface area contributed by atoms with Crippen molar-refractivity contribution in [2.24, 2.45) is 0 Å². The summed E-state index contributed by atoms with van der Waals surface area (Å²) in [5.74, 6) is 0. The van der Waals surface area contributed by atoms with Crippen LogP contribution in [0.25, 0.3) is 65.3 Å². The molecular formula is C34H24. The maximum absolute atomic E-state index is 2.40. The SMILES string of the molecule is Cc1ccccc1-c1cc2cccc3c4cc(-c5ccccc5C)cc5cccc(c(c1)c23)c54. The molecular weight excluding hydrogens is 408 g/mol. The molecule has 0 heterocycles. The topological polar surface area (TPSA) is 0 Å². The summed E-state index contributed by atoms with van der Waals surface area (Å²) < 4.78 is 0. The minimum absolute atomic E-state index is 1.29. The molecule has 0 aliphatic rings. The Bertz CT molecular complexity index is 1730. The fourth-order valence-corrected chi connectivity index (χ4v) is 5.83. The van der Waals surface area contributed by atoms with Crippen molar-refractivity contribution in [3.8, 4) is 22.3 Å². The number of rotatable bonds is 2. The molecule has 0 radical (unpaired) electrons. The molecule has 7 aromatic carbocycles. The summed E-state index contributed by atoms with van der Waals surface area (Å²) in [6.07, 6.45) is 0. The van der Waals surface area contributed by atoms with E-state index >= 15 is 0 Å². The van der Waals surface area contributed by atoms with Gasteiger partial charge in [-0.3, -0.25) is 0 Å². The van der Waals surface area contributed by atoms with Gasteiger partial charge in [-0.05, 0) is 115 Å². The smallest absolute Gasteiger partial charge is 0.00259 e. The van der Waals surface area contributed by atoms with Gasteiger partial charge >= 0.3 is 0 Å². The average molecular weight is 433 g/mol. The molecule has 0 saturated heterocycles. The first-order valence-electron chi connectivity index (χ1n) is 12.0. The van der Waals surface area contributed by atoms with Crippen molar-refractivity contribution in [3.05, 3.63) is 120 Å². The van der Waals surface area contributed by atoms with Crippen LogP contribution in [0, 0.1) is 13.8 Å². The molecule has 0 fully saturated rings. The third kappa shape index (κ3) is 2.72. The molecule has 0 atom stereocenters. The van der Waals surface area contributed by atoms with Crippen molar-refractivity contribution in [1.29, 1.82) is 0 Å². The van der Waals surface area contributed by atoms with Gasteiger partial charge in [-0.2, -0.15) is 0 Å². The lowest BCUT2D eigenvalue weighted by molar-refractivity contribution is 1.46. The first-order chi connectivity index (χ1) is 16.7. The minimum Gasteiger partial charge on any atom is -0.0620 e. The van der Waals surface area contributed by atoms with Crippen molar-refractivity contribution in [2.45, 2.75) is 13.8 Å². The molecule has 0 saturated carbocycles. The van der Waals surface area contributed by atoms with E-state index in [0.29, 0.717) is 0 Å². The lowest BCUT2D eigenvalue weighted by atomic mass is 9.86. The van der Waals surface area contributed by atoms with Crippen LogP contribution >= 0.6 is 0 Å². The van der Waals surface area contributed by atoms with Crippen LogP contribution in [0.2, 0.25) is 0 Å². The van der Waals surface area contributed by atoms with Crippen molar-refractivity contribution in [2.75, 3.05) is 0 Å². The normalized spacial score (nSPS) is 11.8. The molecule has 0 N–H and O–H groups in total. The molecule has 7 rings (SSSR count). The van der Waals surface area contributed by atoms with E-state index in [-0.39, 0.29) is 0 Å². The quantitative estimate of drug-likeness (QED) is 0.188. The number of benzene rings is 7. The largest absolute Gasteiger partial charge is 0.0620 e. The first kappa shape index (κ1) is 19.3. The van der Waals surface area contributed by atoms with E-state index in [1.807, 2.05) is 0 Å². The molecule has 0 amide bonds. The molecule has 0 spiro atoms. The molecule has 0 bridgehead atoms. The Morgan fingerprint density at radius 1 is 0.382 bits per heavy atom. The van der Waals surface area contributed by atoms with E-state index in [1.165, 1.54) is 76.5 Å². The highest BCUT2D eigenvalue weighted by molar-refractivity contribution is 6.33. The second-order valence-electron chi connectivity index (χ2n) is 9.48. The van der Waals surface area contributed by atoms with Gasteiger partial charge in [0.05, 0.1) is 0 Å². The van der Waals surface area contributed by atoms with Crippen LogP contribution in [0.5, 0.6) is 0 Å². The lowest BCUT2D eigenvalue weighted by Gasteiger charge is -2.18. The molecule has 0 heteroatoms. The predicted molar refractivity (Wildman–Crippen MR) is 148 cm³/mol. The fourth-order valence-electron chi connectivity index (χ4n) is 5.83. The van der Waals surface area contributed by atoms with Gasteiger partial charge in [0.1, 0.15) is 0 Å². The third-order valence-electron chi connectivity index (χ3n) is 7.45. The fraction of sp³-hybridized carbons (Fsp3) is 0.0588. The number of hydrogen-bond acceptors (Lipinski definition) is 0. The Labute approximate surface area is 199 Å². The summed E-state index contributed by atoms with van der Waals surface area (Å²) in [6, 6.07) is 40.5. The summed E-state index contributed by atoms with van der Waals surface area (Å²) in [7, 11) is 0. The van der Waals surface area contributed by atoms with Crippen molar-refractivity contribution in [1.82, 2.24) is 0 Å². The zero-order chi connectivity index (χ0) is 22.8. The molecule has 0 unspecified atom stereocenters. The molecule has 0 aromatic heterocycles. The maximum Gasteiger partial charge on any atom is -0.00259 e. The van der Waals surface area contributed by atoms with Gasteiger partial charge in [0, 0.05) is 0 Å². The molecule has 34 heavy (non-hydrogen) atoms. The van der Waals surface area contributed by atoms with Gasteiger partial charge in [0.2, 0.25) is 0 Å². The van der Waals surface area contributed by atoms with Gasteiger partial charge in [-0.15, -0.1) is 0 Å². The van der Waals surface area contributed by atoms with Gasteiger partial charge in [0.15, 0.2) is 0 Å². The average Bonchev–Trinajstić information content (AvgIpc) is 2.87. The van der Waals surface area contributed by atoms with Gasteiger partial charge in [-0.1, -0.05) is 84.9 Å². The first-order valence-corrected chi connectivity index (χ1v) is 12.0. The monoisotopic (exact) mass is 432 g/mol. The van der Waals surface area contributed by atoms with Crippen LogP contribution in [0.4, 0.5) is 0 Å². The Kier molecular flexibility index (Phi) is 4.07. The summed E-state index contributed by atoms with van der Waals surface area (Å²) in [6.45, 7) is 4.40. The molecule has 0 nitrogen and oxygen atoms in total. The van der Waals surface area contributed by atoms with Gasteiger partial charge in [-0.25, -0.2) is 0 Å². The van der Waals surface area contributed by atoms with Gasteiger partial charge < -0.3 is 0 Å². The molecule has 0 aliphatic carbocycles. The number of fused-ring (bicyclic) bond motifs is 2. The maximum atomic E-state index is 2.40. The van der Waals surface area contributed by atoms with E-state index in [2.05, 4.69) is 123 Å². The summed E-state index contributed by atoms with van der Waals surface area (Å²) in [5.41, 5.74) is 7.80. The zero-order valence-electron chi connectivity index (χ0n) is 19.4. The van der Waals surface area contributed by atoms with Crippen LogP contribution in [0.15, 0.2) is 109 Å². The number of hydrogen-bond donors (Lipinski definition) is 0. The second kappa shape index (κ2) is 7.17. The Morgan fingerprint density at radius 2 is 0.824 bits per heavy atom. The van der Waals surface area contributed by atoms with E-state index < -0.39 is 0 Å². The van der Waals surface area contributed by atoms with E-state index in [0.717, 1.165) is 0 Å². The van der Waals surface area contributed by atoms with Crippen LogP contribution < -0.4 is 0 Å². The van der Waals surface area contributed by atoms with Crippen molar-refractivity contribution < 1.29 is 0 Å². The second-order valence-corrected chi connectivity index (χ2v) is 9.48. The Morgan fingerprint density at radius 3 is 1.26 bits per heavy atom. The Hall–Kier alpha value is -4.16. The van der Waals surface area contributed by atoms with Crippen LogP contribution in [0.1, 0.15) is 11.1 Å². The van der Waals surface area contributed by atoms with Crippen molar-refractivity contribution >= 4 is 43.1 Å². The highest BCUT2D eigenvalue weighted by Gasteiger charge is 2.16. The summed E-state index contributed by atoms with van der Waals surface area (Å²) in [4.78, 5) is 0. The lowest BCUT2D eigenvalue weighted by Crippen LogP contribution is -1.91. The summed E-state index contributed by atoms with van der Waals surface area (Å²) >= 11 is 0. The molecule has 7 aromatic rings. The standard InChI is InChI=1S/C34H24/c1-21-9-3-5-13-27(21)25-17-23-11-7-16-30-32-20-26(28-14-6-4-10-22(28)2)18-24-12-8-15-29(34(24)32)31(19-25)33(23)30/h3-20H,1-2H3. The van der Waals surface area contributed by atoms with E-state index in [9.17, 15) is 0 Å². The molecule has 0 aliphatic heterocycles. The highest BCUT2D eigenvalue weighted by atomic mass is 14.2. The predicted octanol–water partition coefficient (Wildman–Crippen LogP) is 9.69. The molecule has 160 valence electrons. The minimum atomic E-state index is 1.29. The van der Waals surface area contributed by atoms with Crippen LogP contribution in [-0.2, 0) is 0 Å². The zero-order valence-corrected chi connectivity index (χ0v) is 19.4. The van der Waals surface area contributed by atoms with Crippen LogP contribution in [-0.4, -0.2) is 0 Å². The third-order valence-corrected chi connectivity index (χ3v) is 7.45. The summed E-state index contributed by atoms with van der Waals surface area (Å²) in [5, 5.41) is 10.7. The van der Waals surface area contributed by atoms with E-state index in [1.54, 1.807) is 0 Å². The van der Waals surface area contributed by atoms with Gasteiger partial charge in [0.25, 0.3) is 0 Å². The number of aryl methyl sites for hydroxylation is 2. The van der Waals surface area contributed by atoms with Crippen LogP contribution in [0.3, 0.4) is 0 Å². The Balaban J connectivity index is 1.65. The van der Waals surface area contributed by atoms with Crippen molar-refractivity contribution in [3.63, 3.8) is 0 Å². The van der Waals surface area contributed by atoms with E-state index in [4.69, 9.17) is 0 Å².